The van der Waals surface area contributed by atoms with E-state index in [2.05, 4.69) is 10.3 Å². The molecule has 0 saturated heterocycles. The average Bonchev–Trinajstić information content (AvgIpc) is 2.83. The van der Waals surface area contributed by atoms with Gasteiger partial charge in [-0.1, -0.05) is 0 Å². The summed E-state index contributed by atoms with van der Waals surface area (Å²) in [5.41, 5.74) is 5.76. The molecule has 0 unspecified atom stereocenters. The molecule has 1 heterocycles. The van der Waals surface area contributed by atoms with Gasteiger partial charge in [-0.3, -0.25) is 10.0 Å². The van der Waals surface area contributed by atoms with E-state index < -0.39 is 5.91 Å². The number of amides is 1. The summed E-state index contributed by atoms with van der Waals surface area (Å²) in [6, 6.07) is 5.94. The number of H-pyrrole nitrogens is 1. The van der Waals surface area contributed by atoms with Crippen LogP contribution in [0.2, 0.25) is 0 Å². The SMILES string of the molecule is CN[C@@H]1CCc2[nH]c3ccc(C(=O)NO)cc3c2C1. The standard InChI is InChI=1S/C14H17N3O2/c1-15-9-3-5-13-11(7-9)10-6-8(14(18)17-19)2-4-12(10)16-13/h2,4,6,9,15-16,19H,3,5,7H2,1H3,(H,17,18)/t9-/m1/s1. The summed E-state index contributed by atoms with van der Waals surface area (Å²) in [6.45, 7) is 0. The van der Waals surface area contributed by atoms with Crippen LogP contribution in [-0.4, -0.2) is 29.2 Å². The summed E-state index contributed by atoms with van der Waals surface area (Å²) in [5.74, 6) is -0.474. The fourth-order valence-electron chi connectivity index (χ4n) is 2.87. The van der Waals surface area contributed by atoms with Gasteiger partial charge in [0.2, 0.25) is 0 Å². The van der Waals surface area contributed by atoms with E-state index >= 15 is 0 Å². The van der Waals surface area contributed by atoms with Crippen LogP contribution in [0.4, 0.5) is 0 Å². The first-order chi connectivity index (χ1) is 9.22. The zero-order valence-corrected chi connectivity index (χ0v) is 10.8. The smallest absolute Gasteiger partial charge is 0.274 e. The minimum absolute atomic E-state index is 0.474. The second-order valence-corrected chi connectivity index (χ2v) is 5.01. The first kappa shape index (κ1) is 12.2. The molecular formula is C14H17N3O2. The van der Waals surface area contributed by atoms with Crippen LogP contribution >= 0.6 is 0 Å². The molecule has 1 aromatic carbocycles. The largest absolute Gasteiger partial charge is 0.358 e. The third kappa shape index (κ3) is 2.01. The van der Waals surface area contributed by atoms with Crippen molar-refractivity contribution in [2.24, 2.45) is 0 Å². The van der Waals surface area contributed by atoms with Crippen molar-refractivity contribution in [2.45, 2.75) is 25.3 Å². The fourth-order valence-corrected chi connectivity index (χ4v) is 2.87. The number of nitrogens with one attached hydrogen (secondary N) is 3. The lowest BCUT2D eigenvalue weighted by Crippen LogP contribution is -2.31. The number of rotatable bonds is 2. The quantitative estimate of drug-likeness (QED) is 0.486. The van der Waals surface area contributed by atoms with Crippen molar-refractivity contribution >= 4 is 16.8 Å². The summed E-state index contributed by atoms with van der Waals surface area (Å²) >= 11 is 0. The van der Waals surface area contributed by atoms with Gasteiger partial charge in [0.1, 0.15) is 0 Å². The molecule has 1 aromatic heterocycles. The van der Waals surface area contributed by atoms with Crippen LogP contribution in [0.15, 0.2) is 18.2 Å². The van der Waals surface area contributed by atoms with Gasteiger partial charge in [-0.2, -0.15) is 0 Å². The fraction of sp³-hybridized carbons (Fsp3) is 0.357. The Kier molecular flexibility index (Phi) is 3.00. The number of hydrogen-bond donors (Lipinski definition) is 4. The number of aryl methyl sites for hydroxylation is 1. The van der Waals surface area contributed by atoms with E-state index in [9.17, 15) is 4.79 Å². The number of carbonyl (C=O) groups is 1. The number of benzene rings is 1. The number of hydrogen-bond acceptors (Lipinski definition) is 3. The number of aromatic nitrogens is 1. The minimum atomic E-state index is -0.474. The van der Waals surface area contributed by atoms with Crippen LogP contribution in [0.25, 0.3) is 10.9 Å². The van der Waals surface area contributed by atoms with Crippen LogP contribution in [0.3, 0.4) is 0 Å². The number of fused-ring (bicyclic) bond motifs is 3. The first-order valence-electron chi connectivity index (χ1n) is 6.48. The lowest BCUT2D eigenvalue weighted by Gasteiger charge is -2.21. The van der Waals surface area contributed by atoms with Crippen molar-refractivity contribution in [3.05, 3.63) is 35.0 Å². The monoisotopic (exact) mass is 259 g/mol. The zero-order chi connectivity index (χ0) is 13.4. The number of hydroxylamine groups is 1. The molecule has 0 fully saturated rings. The van der Waals surface area contributed by atoms with E-state index in [0.29, 0.717) is 11.6 Å². The van der Waals surface area contributed by atoms with Gasteiger partial charge >= 0.3 is 0 Å². The zero-order valence-electron chi connectivity index (χ0n) is 10.8. The van der Waals surface area contributed by atoms with Gasteiger partial charge in [-0.15, -0.1) is 0 Å². The van der Waals surface area contributed by atoms with Crippen LogP contribution < -0.4 is 10.8 Å². The Morgan fingerprint density at radius 1 is 1.47 bits per heavy atom. The lowest BCUT2D eigenvalue weighted by molar-refractivity contribution is 0.0706. The molecule has 1 amide bonds. The summed E-state index contributed by atoms with van der Waals surface area (Å²) in [5, 5.41) is 13.1. The van der Waals surface area contributed by atoms with Gasteiger partial charge in [0.05, 0.1) is 0 Å². The molecule has 1 aliphatic rings. The van der Waals surface area contributed by atoms with Gasteiger partial charge in [0.15, 0.2) is 0 Å². The van der Waals surface area contributed by atoms with Gasteiger partial charge in [0.25, 0.3) is 5.91 Å². The maximum Gasteiger partial charge on any atom is 0.274 e. The van der Waals surface area contributed by atoms with E-state index in [1.165, 1.54) is 11.3 Å². The summed E-state index contributed by atoms with van der Waals surface area (Å²) < 4.78 is 0. The van der Waals surface area contributed by atoms with Gasteiger partial charge in [-0.05, 0) is 50.1 Å². The molecule has 5 nitrogen and oxygen atoms in total. The van der Waals surface area contributed by atoms with Crippen molar-refractivity contribution < 1.29 is 10.0 Å². The second kappa shape index (κ2) is 4.68. The van der Waals surface area contributed by atoms with E-state index in [0.717, 1.165) is 30.2 Å². The van der Waals surface area contributed by atoms with Gasteiger partial charge in [-0.25, -0.2) is 5.48 Å². The molecule has 0 radical (unpaired) electrons. The van der Waals surface area contributed by atoms with Crippen LogP contribution in [0, 0.1) is 0 Å². The molecule has 2 aromatic rings. The van der Waals surface area contributed by atoms with Crippen molar-refractivity contribution in [3.8, 4) is 0 Å². The normalized spacial score (nSPS) is 18.3. The van der Waals surface area contributed by atoms with Gasteiger partial charge in [0, 0.05) is 28.2 Å². The molecule has 1 atom stereocenters. The Morgan fingerprint density at radius 3 is 3.05 bits per heavy atom. The Morgan fingerprint density at radius 2 is 2.32 bits per heavy atom. The van der Waals surface area contributed by atoms with Gasteiger partial charge < -0.3 is 10.3 Å². The Hall–Kier alpha value is -1.85. The summed E-state index contributed by atoms with van der Waals surface area (Å²) in [6.07, 6.45) is 3.12. The molecule has 4 N–H and O–H groups in total. The molecule has 100 valence electrons. The Balaban J connectivity index is 2.09. The maximum absolute atomic E-state index is 11.5. The van der Waals surface area contributed by atoms with Crippen molar-refractivity contribution in [1.29, 1.82) is 0 Å². The lowest BCUT2D eigenvalue weighted by atomic mass is 9.91. The Bertz CT molecular complexity index is 633. The first-order valence-corrected chi connectivity index (χ1v) is 6.48. The highest BCUT2D eigenvalue weighted by atomic mass is 16.5. The molecular weight excluding hydrogens is 242 g/mol. The molecule has 0 spiro atoms. The maximum atomic E-state index is 11.5. The molecule has 0 aliphatic heterocycles. The number of carbonyl (C=O) groups excluding carboxylic acids is 1. The molecule has 19 heavy (non-hydrogen) atoms. The van der Waals surface area contributed by atoms with Crippen molar-refractivity contribution in [2.75, 3.05) is 7.05 Å². The highest BCUT2D eigenvalue weighted by molar-refractivity contribution is 5.98. The van der Waals surface area contributed by atoms with Crippen LogP contribution in [0.5, 0.6) is 0 Å². The minimum Gasteiger partial charge on any atom is -0.358 e. The predicted molar refractivity (Wildman–Crippen MR) is 72.4 cm³/mol. The second-order valence-electron chi connectivity index (χ2n) is 5.01. The van der Waals surface area contributed by atoms with Crippen molar-refractivity contribution in [3.63, 3.8) is 0 Å². The van der Waals surface area contributed by atoms with E-state index in [4.69, 9.17) is 5.21 Å². The highest BCUT2D eigenvalue weighted by Crippen LogP contribution is 2.29. The number of aromatic amines is 1. The Labute approximate surface area is 111 Å². The summed E-state index contributed by atoms with van der Waals surface area (Å²) in [7, 11) is 1.98. The molecule has 5 heteroatoms. The molecule has 1 aliphatic carbocycles. The van der Waals surface area contributed by atoms with Crippen LogP contribution in [-0.2, 0) is 12.8 Å². The predicted octanol–water partition coefficient (Wildman–Crippen LogP) is 1.36. The van der Waals surface area contributed by atoms with Crippen molar-refractivity contribution in [1.82, 2.24) is 15.8 Å². The van der Waals surface area contributed by atoms with E-state index in [1.807, 2.05) is 19.2 Å². The topological polar surface area (TPSA) is 77.2 Å². The highest BCUT2D eigenvalue weighted by Gasteiger charge is 2.21. The third-order valence-electron chi connectivity index (χ3n) is 3.96. The molecule has 0 saturated carbocycles. The molecule has 0 bridgehead atoms. The molecule has 3 rings (SSSR count). The summed E-state index contributed by atoms with van der Waals surface area (Å²) in [4.78, 5) is 14.9. The third-order valence-corrected chi connectivity index (χ3v) is 3.96. The number of likely N-dealkylation sites (N-methyl/N-ethyl adjacent to an activating group) is 1. The van der Waals surface area contributed by atoms with E-state index in [1.54, 1.807) is 11.5 Å². The van der Waals surface area contributed by atoms with E-state index in [-0.39, 0.29) is 0 Å². The average molecular weight is 259 g/mol. The van der Waals surface area contributed by atoms with Crippen LogP contribution in [0.1, 0.15) is 28.0 Å².